The molecule has 4 heteroatoms. The molecule has 0 atom stereocenters. The topological polar surface area (TPSA) is 44.3 Å². The Balaban J connectivity index is 2.62. The lowest BCUT2D eigenvalue weighted by Gasteiger charge is -2.18. The molecule has 0 aliphatic carbocycles. The molecular weight excluding hydrogens is 220 g/mol. The quantitative estimate of drug-likeness (QED) is 0.698. The largest absolute Gasteiger partial charge is 0.386 e. The summed E-state index contributed by atoms with van der Waals surface area (Å²) in [6.45, 7) is 4.23. The smallest absolute Gasteiger partial charge is 0.166 e. The number of hydrogen-bond acceptors (Lipinski definition) is 2. The van der Waals surface area contributed by atoms with E-state index in [0.29, 0.717) is 11.7 Å². The van der Waals surface area contributed by atoms with E-state index in [4.69, 9.17) is 12.2 Å². The minimum atomic E-state index is -0.785. The van der Waals surface area contributed by atoms with Gasteiger partial charge in [0.15, 0.2) is 5.11 Å². The van der Waals surface area contributed by atoms with Gasteiger partial charge in [0.25, 0.3) is 0 Å². The van der Waals surface area contributed by atoms with Crippen molar-refractivity contribution in [2.75, 3.05) is 7.05 Å². The van der Waals surface area contributed by atoms with Gasteiger partial charge in [0.2, 0.25) is 0 Å². The molecule has 0 bridgehead atoms. The lowest BCUT2D eigenvalue weighted by Crippen LogP contribution is -2.31. The Morgan fingerprint density at radius 2 is 1.88 bits per heavy atom. The van der Waals surface area contributed by atoms with Gasteiger partial charge >= 0.3 is 0 Å². The zero-order valence-electron chi connectivity index (χ0n) is 9.87. The molecule has 16 heavy (non-hydrogen) atoms. The molecule has 0 aliphatic heterocycles. The maximum absolute atomic E-state index is 9.79. The first-order valence-corrected chi connectivity index (χ1v) is 5.61. The first-order chi connectivity index (χ1) is 7.43. The van der Waals surface area contributed by atoms with Crippen LogP contribution in [-0.2, 0) is 12.1 Å². The van der Waals surface area contributed by atoms with Gasteiger partial charge in [-0.3, -0.25) is 0 Å². The molecule has 0 amide bonds. The van der Waals surface area contributed by atoms with Gasteiger partial charge < -0.3 is 15.7 Å². The zero-order chi connectivity index (χ0) is 12.2. The maximum Gasteiger partial charge on any atom is 0.166 e. The van der Waals surface area contributed by atoms with E-state index in [9.17, 15) is 5.11 Å². The van der Waals surface area contributed by atoms with Gasteiger partial charge in [-0.1, -0.05) is 24.3 Å². The molecule has 1 aromatic carbocycles. The van der Waals surface area contributed by atoms with Gasteiger partial charge in [0.1, 0.15) is 0 Å². The minimum absolute atomic E-state index is 0.631. The standard InChI is InChI=1S/C12H18N2OS/c1-12(2,15)10-6-4-9(5-7-10)8-14-11(16)13-3/h4-7,15H,8H2,1-3H3,(H2,13,14,16). The van der Waals surface area contributed by atoms with Crippen LogP contribution >= 0.6 is 12.2 Å². The van der Waals surface area contributed by atoms with Crippen molar-refractivity contribution in [1.82, 2.24) is 10.6 Å². The van der Waals surface area contributed by atoms with E-state index in [1.54, 1.807) is 20.9 Å². The van der Waals surface area contributed by atoms with Gasteiger partial charge in [-0.25, -0.2) is 0 Å². The highest BCUT2D eigenvalue weighted by atomic mass is 32.1. The maximum atomic E-state index is 9.79. The van der Waals surface area contributed by atoms with Crippen LogP contribution < -0.4 is 10.6 Å². The van der Waals surface area contributed by atoms with Gasteiger partial charge in [-0.15, -0.1) is 0 Å². The summed E-state index contributed by atoms with van der Waals surface area (Å²) in [6.07, 6.45) is 0. The first-order valence-electron chi connectivity index (χ1n) is 5.21. The second-order valence-electron chi connectivity index (χ2n) is 4.19. The van der Waals surface area contributed by atoms with Crippen LogP contribution in [0.15, 0.2) is 24.3 Å². The summed E-state index contributed by atoms with van der Waals surface area (Å²) >= 11 is 4.98. The fraction of sp³-hybridized carbons (Fsp3) is 0.417. The van der Waals surface area contributed by atoms with Crippen LogP contribution in [-0.4, -0.2) is 17.3 Å². The Labute approximate surface area is 102 Å². The second-order valence-corrected chi connectivity index (χ2v) is 4.60. The van der Waals surface area contributed by atoms with Crippen molar-refractivity contribution >= 4 is 17.3 Å². The number of benzene rings is 1. The lowest BCUT2D eigenvalue weighted by atomic mass is 9.97. The Hall–Kier alpha value is -1.13. The molecule has 3 N–H and O–H groups in total. The molecule has 0 aromatic heterocycles. The van der Waals surface area contributed by atoms with Crippen molar-refractivity contribution in [2.45, 2.75) is 26.0 Å². The summed E-state index contributed by atoms with van der Waals surface area (Å²) in [5.41, 5.74) is 1.25. The van der Waals surface area contributed by atoms with Crippen molar-refractivity contribution < 1.29 is 5.11 Å². The van der Waals surface area contributed by atoms with Crippen molar-refractivity contribution in [3.63, 3.8) is 0 Å². The SMILES string of the molecule is CNC(=S)NCc1ccc(C(C)(C)O)cc1. The Morgan fingerprint density at radius 3 is 2.31 bits per heavy atom. The molecule has 0 spiro atoms. The molecule has 0 heterocycles. The Bertz CT molecular complexity index is 354. The minimum Gasteiger partial charge on any atom is -0.386 e. The van der Waals surface area contributed by atoms with E-state index in [1.165, 1.54) is 0 Å². The van der Waals surface area contributed by atoms with Crippen LogP contribution in [0.1, 0.15) is 25.0 Å². The molecule has 1 aromatic rings. The van der Waals surface area contributed by atoms with Gasteiger partial charge in [-0.05, 0) is 37.2 Å². The fourth-order valence-electron chi connectivity index (χ4n) is 1.30. The van der Waals surface area contributed by atoms with E-state index in [2.05, 4.69) is 10.6 Å². The summed E-state index contributed by atoms with van der Waals surface area (Å²) in [5, 5.41) is 16.3. The highest BCUT2D eigenvalue weighted by molar-refractivity contribution is 7.80. The van der Waals surface area contributed by atoms with Crippen LogP contribution in [0.3, 0.4) is 0 Å². The lowest BCUT2D eigenvalue weighted by molar-refractivity contribution is 0.0786. The monoisotopic (exact) mass is 238 g/mol. The normalized spacial score (nSPS) is 11.0. The zero-order valence-corrected chi connectivity index (χ0v) is 10.7. The number of hydrogen-bond donors (Lipinski definition) is 3. The molecular formula is C12H18N2OS. The predicted octanol–water partition coefficient (Wildman–Crippen LogP) is 1.51. The molecule has 88 valence electrons. The molecule has 0 saturated heterocycles. The van der Waals surface area contributed by atoms with Crippen molar-refractivity contribution in [1.29, 1.82) is 0 Å². The first kappa shape index (κ1) is 12.9. The van der Waals surface area contributed by atoms with E-state index in [-0.39, 0.29) is 0 Å². The molecule has 1 rings (SSSR count). The summed E-state index contributed by atoms with van der Waals surface area (Å²) < 4.78 is 0. The number of aliphatic hydroxyl groups is 1. The number of thiocarbonyl (C=S) groups is 1. The molecule has 0 fully saturated rings. The average Bonchev–Trinajstić information content (AvgIpc) is 2.25. The summed E-state index contributed by atoms with van der Waals surface area (Å²) in [7, 11) is 1.78. The average molecular weight is 238 g/mol. The molecule has 0 aliphatic rings. The van der Waals surface area contributed by atoms with Crippen LogP contribution in [0.25, 0.3) is 0 Å². The van der Waals surface area contributed by atoms with Crippen LogP contribution in [0.4, 0.5) is 0 Å². The van der Waals surface area contributed by atoms with Crippen molar-refractivity contribution in [3.05, 3.63) is 35.4 Å². The highest BCUT2D eigenvalue weighted by Gasteiger charge is 2.14. The second kappa shape index (κ2) is 5.27. The third-order valence-corrected chi connectivity index (χ3v) is 2.69. The molecule has 3 nitrogen and oxygen atoms in total. The van der Waals surface area contributed by atoms with Crippen LogP contribution in [0.2, 0.25) is 0 Å². The van der Waals surface area contributed by atoms with Gasteiger partial charge in [0.05, 0.1) is 5.60 Å². The molecule has 0 radical (unpaired) electrons. The third-order valence-electron chi connectivity index (χ3n) is 2.34. The summed E-state index contributed by atoms with van der Waals surface area (Å²) in [5.74, 6) is 0. The fourth-order valence-corrected chi connectivity index (χ4v) is 1.37. The van der Waals surface area contributed by atoms with Crippen molar-refractivity contribution in [3.8, 4) is 0 Å². The summed E-state index contributed by atoms with van der Waals surface area (Å²) in [4.78, 5) is 0. The summed E-state index contributed by atoms with van der Waals surface area (Å²) in [6, 6.07) is 7.83. The molecule has 0 saturated carbocycles. The van der Waals surface area contributed by atoms with Crippen LogP contribution in [0, 0.1) is 0 Å². The van der Waals surface area contributed by atoms with Crippen LogP contribution in [0.5, 0.6) is 0 Å². The Kier molecular flexibility index (Phi) is 4.26. The number of nitrogens with one attached hydrogen (secondary N) is 2. The number of rotatable bonds is 3. The van der Waals surface area contributed by atoms with E-state index < -0.39 is 5.60 Å². The van der Waals surface area contributed by atoms with E-state index >= 15 is 0 Å². The van der Waals surface area contributed by atoms with Gasteiger partial charge in [-0.2, -0.15) is 0 Å². The van der Waals surface area contributed by atoms with E-state index in [0.717, 1.165) is 11.1 Å². The van der Waals surface area contributed by atoms with Gasteiger partial charge in [0, 0.05) is 13.6 Å². The molecule has 0 unspecified atom stereocenters. The highest BCUT2D eigenvalue weighted by Crippen LogP contribution is 2.19. The van der Waals surface area contributed by atoms with E-state index in [1.807, 2.05) is 24.3 Å². The Morgan fingerprint density at radius 1 is 1.31 bits per heavy atom. The predicted molar refractivity (Wildman–Crippen MR) is 70.2 cm³/mol. The van der Waals surface area contributed by atoms with Crippen molar-refractivity contribution in [2.24, 2.45) is 0 Å². The third kappa shape index (κ3) is 3.79.